The third-order valence-electron chi connectivity index (χ3n) is 3.04. The molecule has 0 saturated heterocycles. The zero-order chi connectivity index (χ0) is 14.5. The maximum Gasteiger partial charge on any atom is 0.270 e. The molecule has 0 aliphatic carbocycles. The molecule has 0 saturated carbocycles. The number of nitrogens with two attached hydrogens (primary N) is 1. The molecule has 0 fully saturated rings. The highest BCUT2D eigenvalue weighted by atomic mass is 16.6. The predicted octanol–water partition coefficient (Wildman–Crippen LogP) is 2.17. The fourth-order valence-corrected chi connectivity index (χ4v) is 1.72. The molecule has 7 heteroatoms. The third kappa shape index (κ3) is 3.39. The summed E-state index contributed by atoms with van der Waals surface area (Å²) >= 11 is 0. The van der Waals surface area contributed by atoms with Gasteiger partial charge in [0.05, 0.1) is 4.92 Å². The van der Waals surface area contributed by atoms with E-state index >= 15 is 0 Å². The molecule has 0 amide bonds. The summed E-state index contributed by atoms with van der Waals surface area (Å²) in [6.07, 6.45) is 1.52. The minimum atomic E-state index is -0.451. The Balaban J connectivity index is 2.12. The number of nitro benzene ring substituents is 1. The second-order valence-electron chi connectivity index (χ2n) is 4.70. The minimum absolute atomic E-state index is 0.00519. The average Bonchev–Trinajstić information content (AvgIpc) is 2.93. The first-order valence-electron chi connectivity index (χ1n) is 6.37. The predicted molar refractivity (Wildman–Crippen MR) is 72.9 cm³/mol. The van der Waals surface area contributed by atoms with Crippen molar-refractivity contribution >= 4 is 5.69 Å². The van der Waals surface area contributed by atoms with Crippen LogP contribution in [0.3, 0.4) is 0 Å². The summed E-state index contributed by atoms with van der Waals surface area (Å²) < 4.78 is 5.14. The van der Waals surface area contributed by atoms with Crippen LogP contribution in [0.25, 0.3) is 11.4 Å². The fraction of sp³-hybridized carbons (Fsp3) is 0.385. The summed E-state index contributed by atoms with van der Waals surface area (Å²) in [6.45, 7) is 2.67. The number of hydrogen-bond donors (Lipinski definition) is 1. The molecule has 20 heavy (non-hydrogen) atoms. The molecule has 2 aromatic rings. The lowest BCUT2D eigenvalue weighted by Crippen LogP contribution is -2.11. The van der Waals surface area contributed by atoms with E-state index in [1.165, 1.54) is 12.1 Å². The summed E-state index contributed by atoms with van der Waals surface area (Å²) in [5, 5.41) is 14.6. The van der Waals surface area contributed by atoms with Crippen LogP contribution in [-0.4, -0.2) is 21.6 Å². The maximum atomic E-state index is 10.7. The molecule has 106 valence electrons. The lowest BCUT2D eigenvalue weighted by atomic mass is 10.1. The highest BCUT2D eigenvalue weighted by molar-refractivity contribution is 5.58. The van der Waals surface area contributed by atoms with Gasteiger partial charge in [0.2, 0.25) is 11.7 Å². The number of non-ortho nitro benzene ring substituents is 1. The van der Waals surface area contributed by atoms with Crippen molar-refractivity contribution in [3.05, 3.63) is 40.3 Å². The zero-order valence-electron chi connectivity index (χ0n) is 11.2. The van der Waals surface area contributed by atoms with Crippen molar-refractivity contribution in [3.8, 4) is 11.4 Å². The van der Waals surface area contributed by atoms with E-state index in [9.17, 15) is 10.1 Å². The average molecular weight is 276 g/mol. The fourth-order valence-electron chi connectivity index (χ4n) is 1.72. The first kappa shape index (κ1) is 14.1. The molecule has 0 bridgehead atoms. The zero-order valence-corrected chi connectivity index (χ0v) is 11.2. The highest BCUT2D eigenvalue weighted by Crippen LogP contribution is 2.21. The number of rotatable bonds is 6. The molecular formula is C13H16N4O3. The van der Waals surface area contributed by atoms with E-state index in [4.69, 9.17) is 10.3 Å². The van der Waals surface area contributed by atoms with E-state index in [1.807, 2.05) is 0 Å². The van der Waals surface area contributed by atoms with Crippen molar-refractivity contribution < 1.29 is 9.45 Å². The van der Waals surface area contributed by atoms with Gasteiger partial charge in [0, 0.05) is 24.1 Å². The summed E-state index contributed by atoms with van der Waals surface area (Å²) in [5.74, 6) is 1.28. The Kier molecular flexibility index (Phi) is 4.41. The minimum Gasteiger partial charge on any atom is -0.339 e. The standard InChI is InChI=1S/C13H16N4O3/c1-9(8-14)5-6-12-15-13(16-20-12)10-3-2-4-11(7-10)17(18)19/h2-4,7,9H,5-6,8,14H2,1H3. The molecule has 1 atom stereocenters. The molecule has 1 aromatic carbocycles. The number of hydrogen-bond acceptors (Lipinski definition) is 6. The Morgan fingerprint density at radius 2 is 2.30 bits per heavy atom. The molecule has 1 unspecified atom stereocenters. The van der Waals surface area contributed by atoms with Crippen LogP contribution in [0.5, 0.6) is 0 Å². The van der Waals surface area contributed by atoms with Crippen molar-refractivity contribution in [1.29, 1.82) is 0 Å². The van der Waals surface area contributed by atoms with Gasteiger partial charge in [-0.3, -0.25) is 10.1 Å². The van der Waals surface area contributed by atoms with Gasteiger partial charge in [0.1, 0.15) is 0 Å². The molecule has 1 heterocycles. The van der Waals surface area contributed by atoms with Crippen molar-refractivity contribution in [2.45, 2.75) is 19.8 Å². The summed E-state index contributed by atoms with van der Waals surface area (Å²) in [6, 6.07) is 6.16. The molecule has 0 aliphatic rings. The maximum absolute atomic E-state index is 10.7. The van der Waals surface area contributed by atoms with E-state index < -0.39 is 4.92 Å². The lowest BCUT2D eigenvalue weighted by molar-refractivity contribution is -0.384. The summed E-state index contributed by atoms with van der Waals surface area (Å²) in [4.78, 5) is 14.5. The van der Waals surface area contributed by atoms with Crippen LogP contribution >= 0.6 is 0 Å². The van der Waals surface area contributed by atoms with Crippen molar-refractivity contribution in [2.75, 3.05) is 6.54 Å². The molecule has 0 radical (unpaired) electrons. The molecule has 2 N–H and O–H groups in total. The van der Waals surface area contributed by atoms with Gasteiger partial charge in [-0.2, -0.15) is 4.98 Å². The third-order valence-corrected chi connectivity index (χ3v) is 3.04. The van der Waals surface area contributed by atoms with Crippen molar-refractivity contribution in [2.24, 2.45) is 11.7 Å². The van der Waals surface area contributed by atoms with E-state index in [0.29, 0.717) is 36.2 Å². The topological polar surface area (TPSA) is 108 Å². The lowest BCUT2D eigenvalue weighted by Gasteiger charge is -2.03. The largest absolute Gasteiger partial charge is 0.339 e. The van der Waals surface area contributed by atoms with E-state index in [-0.39, 0.29) is 5.69 Å². The second-order valence-corrected chi connectivity index (χ2v) is 4.70. The summed E-state index contributed by atoms with van der Waals surface area (Å²) in [5.41, 5.74) is 6.12. The Morgan fingerprint density at radius 3 is 3.00 bits per heavy atom. The van der Waals surface area contributed by atoms with Crippen LogP contribution in [0.4, 0.5) is 5.69 Å². The Labute approximate surface area is 115 Å². The van der Waals surface area contributed by atoms with Gasteiger partial charge in [0.15, 0.2) is 0 Å². The first-order valence-corrected chi connectivity index (χ1v) is 6.37. The Hall–Kier alpha value is -2.28. The van der Waals surface area contributed by atoms with E-state index in [1.54, 1.807) is 12.1 Å². The number of aryl methyl sites for hydroxylation is 1. The first-order chi connectivity index (χ1) is 9.60. The van der Waals surface area contributed by atoms with Gasteiger partial charge in [-0.05, 0) is 18.9 Å². The Bertz CT molecular complexity index is 597. The molecule has 1 aromatic heterocycles. The quantitative estimate of drug-likeness (QED) is 0.639. The van der Waals surface area contributed by atoms with E-state index in [0.717, 1.165) is 6.42 Å². The van der Waals surface area contributed by atoms with Gasteiger partial charge in [0.25, 0.3) is 5.69 Å². The molecule has 0 spiro atoms. The number of aromatic nitrogens is 2. The van der Waals surface area contributed by atoms with Crippen LogP contribution < -0.4 is 5.73 Å². The van der Waals surface area contributed by atoms with Gasteiger partial charge in [-0.1, -0.05) is 24.2 Å². The SMILES string of the molecule is CC(CN)CCc1nc(-c2cccc([N+](=O)[O-])c2)no1. The van der Waals surface area contributed by atoms with Crippen LogP contribution in [0.1, 0.15) is 19.2 Å². The molecule has 2 rings (SSSR count). The van der Waals surface area contributed by atoms with Crippen LogP contribution in [0.15, 0.2) is 28.8 Å². The molecular weight excluding hydrogens is 260 g/mol. The smallest absolute Gasteiger partial charge is 0.270 e. The van der Waals surface area contributed by atoms with Gasteiger partial charge in [-0.25, -0.2) is 0 Å². The second kappa shape index (κ2) is 6.25. The van der Waals surface area contributed by atoms with Crippen LogP contribution in [0, 0.1) is 16.0 Å². The summed E-state index contributed by atoms with van der Waals surface area (Å²) in [7, 11) is 0. The number of nitro groups is 1. The van der Waals surface area contributed by atoms with Crippen molar-refractivity contribution in [1.82, 2.24) is 10.1 Å². The Morgan fingerprint density at radius 1 is 1.50 bits per heavy atom. The number of nitrogens with zero attached hydrogens (tertiary/aromatic N) is 3. The normalized spacial score (nSPS) is 12.3. The van der Waals surface area contributed by atoms with Gasteiger partial charge >= 0.3 is 0 Å². The van der Waals surface area contributed by atoms with Gasteiger partial charge < -0.3 is 10.3 Å². The van der Waals surface area contributed by atoms with Crippen molar-refractivity contribution in [3.63, 3.8) is 0 Å². The van der Waals surface area contributed by atoms with Crippen LogP contribution in [0.2, 0.25) is 0 Å². The highest BCUT2D eigenvalue weighted by Gasteiger charge is 2.13. The molecule has 7 nitrogen and oxygen atoms in total. The monoisotopic (exact) mass is 276 g/mol. The number of benzene rings is 1. The van der Waals surface area contributed by atoms with E-state index in [2.05, 4.69) is 17.1 Å². The van der Waals surface area contributed by atoms with Gasteiger partial charge in [-0.15, -0.1) is 0 Å². The van der Waals surface area contributed by atoms with Crippen LogP contribution in [-0.2, 0) is 6.42 Å². The molecule has 0 aliphatic heterocycles.